The molecule has 1 aromatic heterocycles. The number of anilines is 3. The Morgan fingerprint density at radius 3 is 2.54 bits per heavy atom. The molecule has 4 nitrogen and oxygen atoms in total. The molecule has 0 aliphatic heterocycles. The third-order valence-corrected chi connectivity index (χ3v) is 4.73. The molecule has 0 unspecified atom stereocenters. The van der Waals surface area contributed by atoms with Crippen molar-refractivity contribution in [2.24, 2.45) is 5.92 Å². The van der Waals surface area contributed by atoms with Crippen molar-refractivity contribution < 1.29 is 4.39 Å². The van der Waals surface area contributed by atoms with Gasteiger partial charge in [0.25, 0.3) is 0 Å². The maximum Gasteiger partial charge on any atom is 0.229 e. The van der Waals surface area contributed by atoms with Gasteiger partial charge in [-0.15, -0.1) is 0 Å². The van der Waals surface area contributed by atoms with Crippen LogP contribution in [-0.2, 0) is 0 Å². The average Bonchev–Trinajstić information content (AvgIpc) is 2.65. The second-order valence-electron chi connectivity index (χ2n) is 6.57. The molecule has 0 radical (unpaired) electrons. The number of halogens is 1. The lowest BCUT2D eigenvalue weighted by Crippen LogP contribution is -2.14. The van der Waals surface area contributed by atoms with Gasteiger partial charge in [-0.3, -0.25) is 0 Å². The molecule has 0 fully saturated rings. The minimum absolute atomic E-state index is 0.220. The van der Waals surface area contributed by atoms with Crippen molar-refractivity contribution in [2.75, 3.05) is 17.2 Å². The van der Waals surface area contributed by atoms with E-state index in [4.69, 9.17) is 0 Å². The lowest BCUT2D eigenvalue weighted by molar-refractivity contribution is 0.518. The SMILES string of the molecule is CCC(CC)CNc1nc(Nc2ccc(F)c(C)c2)nc2ccccc12. The van der Waals surface area contributed by atoms with E-state index in [1.807, 2.05) is 24.3 Å². The molecule has 1 heterocycles. The fraction of sp³-hybridized carbons (Fsp3) is 0.333. The van der Waals surface area contributed by atoms with Gasteiger partial charge in [0.2, 0.25) is 5.95 Å². The summed E-state index contributed by atoms with van der Waals surface area (Å²) >= 11 is 0. The first-order valence-electron chi connectivity index (χ1n) is 9.14. The number of para-hydroxylation sites is 1. The van der Waals surface area contributed by atoms with Gasteiger partial charge in [0, 0.05) is 17.6 Å². The molecule has 0 amide bonds. The summed E-state index contributed by atoms with van der Waals surface area (Å²) in [5.41, 5.74) is 2.23. The summed E-state index contributed by atoms with van der Waals surface area (Å²) in [7, 11) is 0. The normalized spacial score (nSPS) is 11.1. The fourth-order valence-corrected chi connectivity index (χ4v) is 2.94. The monoisotopic (exact) mass is 352 g/mol. The van der Waals surface area contributed by atoms with Crippen molar-refractivity contribution in [1.82, 2.24) is 9.97 Å². The molecule has 0 spiro atoms. The standard InChI is InChI=1S/C21H25FN4/c1-4-15(5-2)13-23-20-17-8-6-7-9-19(17)25-21(26-20)24-16-10-11-18(22)14(3)12-16/h6-12,15H,4-5,13H2,1-3H3,(H2,23,24,25,26). The Labute approximate surface area is 153 Å². The van der Waals surface area contributed by atoms with Crippen LogP contribution in [0, 0.1) is 18.7 Å². The van der Waals surface area contributed by atoms with E-state index >= 15 is 0 Å². The van der Waals surface area contributed by atoms with E-state index in [-0.39, 0.29) is 5.82 Å². The second-order valence-corrected chi connectivity index (χ2v) is 6.57. The Kier molecular flexibility index (Phi) is 5.66. The van der Waals surface area contributed by atoms with Crippen LogP contribution in [0.4, 0.5) is 21.8 Å². The zero-order valence-electron chi connectivity index (χ0n) is 15.5. The van der Waals surface area contributed by atoms with Crippen molar-refractivity contribution in [3.05, 3.63) is 53.8 Å². The Bertz CT molecular complexity index is 890. The molecule has 0 bridgehead atoms. The number of nitrogens with one attached hydrogen (secondary N) is 2. The smallest absolute Gasteiger partial charge is 0.229 e. The number of rotatable bonds is 7. The van der Waals surface area contributed by atoms with Crippen LogP contribution in [0.3, 0.4) is 0 Å². The van der Waals surface area contributed by atoms with Gasteiger partial charge in [-0.25, -0.2) is 9.37 Å². The summed E-state index contributed by atoms with van der Waals surface area (Å²) in [5.74, 6) is 1.72. The van der Waals surface area contributed by atoms with Crippen molar-refractivity contribution in [3.63, 3.8) is 0 Å². The quantitative estimate of drug-likeness (QED) is 0.575. The summed E-state index contributed by atoms with van der Waals surface area (Å²) in [4.78, 5) is 9.26. The highest BCUT2D eigenvalue weighted by molar-refractivity contribution is 5.90. The van der Waals surface area contributed by atoms with E-state index in [1.165, 1.54) is 6.07 Å². The number of fused-ring (bicyclic) bond motifs is 1. The van der Waals surface area contributed by atoms with Crippen LogP contribution in [0.5, 0.6) is 0 Å². The molecule has 0 aliphatic carbocycles. The summed E-state index contributed by atoms with van der Waals surface area (Å²) in [6.45, 7) is 7.03. The lowest BCUT2D eigenvalue weighted by Gasteiger charge is -2.16. The van der Waals surface area contributed by atoms with Crippen LogP contribution in [0.2, 0.25) is 0 Å². The van der Waals surface area contributed by atoms with Crippen LogP contribution in [0.15, 0.2) is 42.5 Å². The van der Waals surface area contributed by atoms with Gasteiger partial charge >= 0.3 is 0 Å². The predicted octanol–water partition coefficient (Wildman–Crippen LogP) is 5.67. The lowest BCUT2D eigenvalue weighted by atomic mass is 10.0. The molecule has 2 aromatic carbocycles. The number of nitrogens with zero attached hydrogens (tertiary/aromatic N) is 2. The average molecular weight is 352 g/mol. The van der Waals surface area contributed by atoms with E-state index in [2.05, 4.69) is 34.4 Å². The first-order valence-corrected chi connectivity index (χ1v) is 9.14. The Balaban J connectivity index is 1.91. The highest BCUT2D eigenvalue weighted by Gasteiger charge is 2.10. The summed E-state index contributed by atoms with van der Waals surface area (Å²) in [6, 6.07) is 12.8. The van der Waals surface area contributed by atoms with Crippen LogP contribution in [0.1, 0.15) is 32.3 Å². The summed E-state index contributed by atoms with van der Waals surface area (Å²) < 4.78 is 13.5. The Hall–Kier alpha value is -2.69. The van der Waals surface area contributed by atoms with Gasteiger partial charge in [-0.2, -0.15) is 4.98 Å². The zero-order chi connectivity index (χ0) is 18.5. The van der Waals surface area contributed by atoms with E-state index in [9.17, 15) is 4.39 Å². The van der Waals surface area contributed by atoms with Crippen LogP contribution in [-0.4, -0.2) is 16.5 Å². The third kappa shape index (κ3) is 4.10. The minimum atomic E-state index is -0.220. The topological polar surface area (TPSA) is 49.8 Å². The van der Waals surface area contributed by atoms with Crippen LogP contribution in [0.25, 0.3) is 10.9 Å². The minimum Gasteiger partial charge on any atom is -0.369 e. The van der Waals surface area contributed by atoms with Gasteiger partial charge in [0.05, 0.1) is 5.52 Å². The molecule has 3 rings (SSSR count). The second kappa shape index (κ2) is 8.13. The van der Waals surface area contributed by atoms with Crippen LogP contribution < -0.4 is 10.6 Å². The van der Waals surface area contributed by atoms with Crippen molar-refractivity contribution >= 4 is 28.4 Å². The first kappa shape index (κ1) is 18.1. The highest BCUT2D eigenvalue weighted by Crippen LogP contribution is 2.25. The molecule has 3 aromatic rings. The number of benzene rings is 2. The van der Waals surface area contributed by atoms with Crippen molar-refractivity contribution in [1.29, 1.82) is 0 Å². The molecule has 0 atom stereocenters. The molecule has 136 valence electrons. The molecule has 0 aliphatic rings. The van der Waals surface area contributed by atoms with E-state index in [1.54, 1.807) is 19.1 Å². The molecule has 0 saturated carbocycles. The zero-order valence-corrected chi connectivity index (χ0v) is 15.5. The van der Waals surface area contributed by atoms with Crippen molar-refractivity contribution in [2.45, 2.75) is 33.6 Å². The summed E-state index contributed by atoms with van der Waals surface area (Å²) in [5, 5.41) is 7.68. The number of hydrogen-bond donors (Lipinski definition) is 2. The number of hydrogen-bond acceptors (Lipinski definition) is 4. The van der Waals surface area contributed by atoms with E-state index < -0.39 is 0 Å². The number of aryl methyl sites for hydroxylation is 1. The Morgan fingerprint density at radius 1 is 1.04 bits per heavy atom. The molecule has 5 heteroatoms. The molecule has 2 N–H and O–H groups in total. The third-order valence-electron chi connectivity index (χ3n) is 4.73. The molecular weight excluding hydrogens is 327 g/mol. The van der Waals surface area contributed by atoms with Gasteiger partial charge in [-0.05, 0) is 48.7 Å². The first-order chi connectivity index (χ1) is 12.6. The highest BCUT2D eigenvalue weighted by atomic mass is 19.1. The van der Waals surface area contributed by atoms with E-state index in [0.717, 1.165) is 41.8 Å². The van der Waals surface area contributed by atoms with E-state index in [0.29, 0.717) is 17.4 Å². The fourth-order valence-electron chi connectivity index (χ4n) is 2.94. The maximum atomic E-state index is 13.5. The van der Waals surface area contributed by atoms with Crippen molar-refractivity contribution in [3.8, 4) is 0 Å². The predicted molar refractivity (Wildman–Crippen MR) is 107 cm³/mol. The Morgan fingerprint density at radius 2 is 1.81 bits per heavy atom. The molecular formula is C21H25FN4. The molecule has 26 heavy (non-hydrogen) atoms. The van der Waals surface area contributed by atoms with Gasteiger partial charge in [0.1, 0.15) is 11.6 Å². The van der Waals surface area contributed by atoms with Gasteiger partial charge < -0.3 is 10.6 Å². The number of aromatic nitrogens is 2. The summed E-state index contributed by atoms with van der Waals surface area (Å²) in [6.07, 6.45) is 2.26. The van der Waals surface area contributed by atoms with Gasteiger partial charge in [-0.1, -0.05) is 38.8 Å². The van der Waals surface area contributed by atoms with Gasteiger partial charge in [0.15, 0.2) is 0 Å². The maximum absolute atomic E-state index is 13.5. The van der Waals surface area contributed by atoms with Crippen LogP contribution >= 0.6 is 0 Å². The largest absolute Gasteiger partial charge is 0.369 e. The molecule has 0 saturated heterocycles.